The van der Waals surface area contributed by atoms with Gasteiger partial charge in [0.1, 0.15) is 5.75 Å². The second-order valence-corrected chi connectivity index (χ2v) is 9.35. The molecule has 1 aliphatic rings. The summed E-state index contributed by atoms with van der Waals surface area (Å²) < 4.78 is 13.1. The molecule has 4 rings (SSSR count). The van der Waals surface area contributed by atoms with Gasteiger partial charge in [-0.3, -0.25) is 4.79 Å². The number of hydrogen-bond donors (Lipinski definition) is 1. The summed E-state index contributed by atoms with van der Waals surface area (Å²) in [7, 11) is 1.57. The van der Waals surface area contributed by atoms with E-state index in [0.29, 0.717) is 33.5 Å². The highest BCUT2D eigenvalue weighted by molar-refractivity contribution is 6.35. The molecule has 1 atom stereocenters. The summed E-state index contributed by atoms with van der Waals surface area (Å²) in [5, 5.41) is 11.7. The van der Waals surface area contributed by atoms with E-state index in [1.807, 2.05) is 24.3 Å². The van der Waals surface area contributed by atoms with Crippen LogP contribution in [0.3, 0.4) is 0 Å². The Bertz CT molecular complexity index is 1270. The molecule has 6 nitrogen and oxygen atoms in total. The van der Waals surface area contributed by atoms with Gasteiger partial charge in [0.25, 0.3) is 5.56 Å². The number of nitrogens with zero attached hydrogens (tertiary/aromatic N) is 1. The monoisotopic (exact) mass is 455 g/mol. The van der Waals surface area contributed by atoms with E-state index in [2.05, 4.69) is 0 Å². The number of carboxylic acids is 1. The van der Waals surface area contributed by atoms with Gasteiger partial charge in [-0.05, 0) is 57.2 Å². The Kier molecular flexibility index (Phi) is 5.77. The molecule has 0 saturated heterocycles. The van der Waals surface area contributed by atoms with Crippen LogP contribution in [0, 0.1) is 0 Å². The molecule has 0 saturated carbocycles. The summed E-state index contributed by atoms with van der Waals surface area (Å²) in [6, 6.07) is 10.9. The van der Waals surface area contributed by atoms with Crippen molar-refractivity contribution in [2.24, 2.45) is 7.05 Å². The summed E-state index contributed by atoms with van der Waals surface area (Å²) in [4.78, 5) is 25.6. The first-order valence-corrected chi connectivity index (χ1v) is 10.9. The van der Waals surface area contributed by atoms with E-state index in [1.54, 1.807) is 40.0 Å². The van der Waals surface area contributed by atoms with Crippen LogP contribution >= 0.6 is 11.6 Å². The third-order valence-electron chi connectivity index (χ3n) is 5.59. The lowest BCUT2D eigenvalue weighted by Crippen LogP contribution is -2.33. The van der Waals surface area contributed by atoms with Gasteiger partial charge in [-0.1, -0.05) is 29.8 Å². The Balaban J connectivity index is 2.12. The van der Waals surface area contributed by atoms with Crippen LogP contribution in [0.15, 0.2) is 41.2 Å². The quantitative estimate of drug-likeness (QED) is 0.590. The third-order valence-corrected chi connectivity index (χ3v) is 6.02. The Morgan fingerprint density at radius 2 is 1.88 bits per heavy atom. The summed E-state index contributed by atoms with van der Waals surface area (Å²) in [6.45, 7) is 5.98. The summed E-state index contributed by atoms with van der Waals surface area (Å²) in [5.74, 6) is -0.440. The largest absolute Gasteiger partial charge is 0.493 e. The molecule has 7 heteroatoms. The molecule has 168 valence electrons. The number of hydrogen-bond acceptors (Lipinski definition) is 4. The van der Waals surface area contributed by atoms with Crippen molar-refractivity contribution in [3.63, 3.8) is 0 Å². The topological polar surface area (TPSA) is 77.8 Å². The first-order valence-electron chi connectivity index (χ1n) is 10.6. The molecule has 0 spiro atoms. The minimum absolute atomic E-state index is 0.259. The number of fused-ring (bicyclic) bond motifs is 2. The predicted molar refractivity (Wildman–Crippen MR) is 125 cm³/mol. The number of ether oxygens (including phenoxy) is 2. The lowest BCUT2D eigenvalue weighted by Gasteiger charge is -2.29. The number of carbonyl (C=O) groups is 1. The minimum atomic E-state index is -1.37. The molecule has 32 heavy (non-hydrogen) atoms. The van der Waals surface area contributed by atoms with Crippen LogP contribution in [-0.2, 0) is 23.0 Å². The lowest BCUT2D eigenvalue weighted by molar-refractivity contribution is -0.161. The maximum absolute atomic E-state index is 13.2. The highest BCUT2D eigenvalue weighted by atomic mass is 35.5. The molecule has 2 aromatic carbocycles. The number of pyridine rings is 1. The number of benzene rings is 2. The molecular weight excluding hydrogens is 430 g/mol. The minimum Gasteiger partial charge on any atom is -0.493 e. The molecule has 0 amide bonds. The van der Waals surface area contributed by atoms with Crippen molar-refractivity contribution in [3.8, 4) is 16.9 Å². The van der Waals surface area contributed by atoms with Gasteiger partial charge < -0.3 is 19.1 Å². The molecule has 1 aliphatic heterocycles. The highest BCUT2D eigenvalue weighted by Crippen LogP contribution is 2.43. The maximum atomic E-state index is 13.2. The molecule has 2 heterocycles. The maximum Gasteiger partial charge on any atom is 0.339 e. The van der Waals surface area contributed by atoms with Crippen molar-refractivity contribution < 1.29 is 19.4 Å². The van der Waals surface area contributed by atoms with E-state index in [9.17, 15) is 14.7 Å². The van der Waals surface area contributed by atoms with E-state index >= 15 is 0 Å². The van der Waals surface area contributed by atoms with Crippen LogP contribution < -0.4 is 10.3 Å². The van der Waals surface area contributed by atoms with Crippen molar-refractivity contribution >= 4 is 28.3 Å². The van der Waals surface area contributed by atoms with E-state index < -0.39 is 17.7 Å². The first-order chi connectivity index (χ1) is 15.1. The van der Waals surface area contributed by atoms with Gasteiger partial charge in [0.2, 0.25) is 0 Å². The average Bonchev–Trinajstić information content (AvgIpc) is 2.75. The molecule has 3 aromatic rings. The van der Waals surface area contributed by atoms with Gasteiger partial charge >= 0.3 is 5.97 Å². The van der Waals surface area contributed by atoms with Crippen molar-refractivity contribution in [1.82, 2.24) is 4.57 Å². The zero-order valence-electron chi connectivity index (χ0n) is 18.6. The fraction of sp³-hybridized carbons (Fsp3) is 0.360. The Labute approximate surface area is 191 Å². The van der Waals surface area contributed by atoms with Gasteiger partial charge in [-0.15, -0.1) is 0 Å². The summed E-state index contributed by atoms with van der Waals surface area (Å²) in [6.07, 6.45) is 0.250. The molecule has 1 N–H and O–H groups in total. The second kappa shape index (κ2) is 8.26. The summed E-state index contributed by atoms with van der Waals surface area (Å²) >= 11 is 6.89. The van der Waals surface area contributed by atoms with Crippen molar-refractivity contribution in [2.75, 3.05) is 6.61 Å². The van der Waals surface area contributed by atoms with Gasteiger partial charge in [-0.2, -0.15) is 0 Å². The van der Waals surface area contributed by atoms with E-state index in [-0.39, 0.29) is 11.3 Å². The van der Waals surface area contributed by atoms with Crippen molar-refractivity contribution in [2.45, 2.75) is 45.3 Å². The molecule has 0 radical (unpaired) electrons. The second-order valence-electron chi connectivity index (χ2n) is 8.97. The first kappa shape index (κ1) is 22.4. The number of carboxylic acid groups (broad SMARTS) is 1. The number of aromatic nitrogens is 1. The molecule has 1 unspecified atom stereocenters. The highest BCUT2D eigenvalue weighted by Gasteiger charge is 2.34. The Hall–Kier alpha value is -2.83. The van der Waals surface area contributed by atoms with Crippen LogP contribution in [-0.4, -0.2) is 27.9 Å². The van der Waals surface area contributed by atoms with Crippen LogP contribution in [0.4, 0.5) is 0 Å². The van der Waals surface area contributed by atoms with Gasteiger partial charge in [0.05, 0.1) is 22.9 Å². The van der Waals surface area contributed by atoms with Crippen LogP contribution in [0.25, 0.3) is 21.9 Å². The van der Waals surface area contributed by atoms with Crippen LogP contribution in [0.2, 0.25) is 5.02 Å². The van der Waals surface area contributed by atoms with E-state index in [0.717, 1.165) is 24.2 Å². The SMILES string of the molecule is Cn1c(C(OC(C)(C)C)C(=O)O)c(-c2ccc3c(c2Cl)CCCO3)c2ccccc2c1=O. The molecule has 0 bridgehead atoms. The van der Waals surface area contributed by atoms with Crippen LogP contribution in [0.1, 0.15) is 44.6 Å². The number of halogens is 1. The van der Waals surface area contributed by atoms with E-state index in [4.69, 9.17) is 21.1 Å². The standard InChI is InChI=1S/C25H26ClNO5/c1-25(2,3)32-22(24(29)30)21-19(14-8-5-6-9-15(14)23(28)27(21)4)17-11-12-18-16(20(17)26)10-7-13-31-18/h5-6,8-9,11-12,22H,7,10,13H2,1-4H3,(H,29,30). The summed E-state index contributed by atoms with van der Waals surface area (Å²) in [5.41, 5.74) is 1.34. The van der Waals surface area contributed by atoms with Gasteiger partial charge in [0.15, 0.2) is 6.10 Å². The lowest BCUT2D eigenvalue weighted by atomic mass is 9.91. The molecular formula is C25H26ClNO5. The van der Waals surface area contributed by atoms with Gasteiger partial charge in [-0.25, -0.2) is 4.79 Å². The molecule has 0 fully saturated rings. The van der Waals surface area contributed by atoms with Crippen molar-refractivity contribution in [1.29, 1.82) is 0 Å². The fourth-order valence-corrected chi connectivity index (χ4v) is 4.59. The van der Waals surface area contributed by atoms with Crippen molar-refractivity contribution in [3.05, 3.63) is 63.0 Å². The number of aliphatic carboxylic acids is 1. The predicted octanol–water partition coefficient (Wildman–Crippen LogP) is 5.12. The number of rotatable bonds is 4. The zero-order valence-corrected chi connectivity index (χ0v) is 19.3. The van der Waals surface area contributed by atoms with E-state index in [1.165, 1.54) is 4.57 Å². The smallest absolute Gasteiger partial charge is 0.339 e. The third kappa shape index (κ3) is 3.89. The fourth-order valence-electron chi connectivity index (χ4n) is 4.25. The van der Waals surface area contributed by atoms with Gasteiger partial charge in [0, 0.05) is 29.1 Å². The molecule has 0 aliphatic carbocycles. The zero-order chi connectivity index (χ0) is 23.2. The Morgan fingerprint density at radius 1 is 1.19 bits per heavy atom. The Morgan fingerprint density at radius 3 is 2.53 bits per heavy atom. The van der Waals surface area contributed by atoms with Crippen LogP contribution in [0.5, 0.6) is 5.75 Å². The normalized spacial score (nSPS) is 14.7. The average molecular weight is 456 g/mol. The molecule has 1 aromatic heterocycles.